The molecule has 0 N–H and O–H groups in total. The van der Waals surface area contributed by atoms with Gasteiger partial charge in [0, 0.05) is 6.42 Å². The Morgan fingerprint density at radius 2 is 2.13 bits per heavy atom. The molecule has 0 aliphatic carbocycles. The highest BCUT2D eigenvalue weighted by Crippen LogP contribution is 2.32. The summed E-state index contributed by atoms with van der Waals surface area (Å²) in [4.78, 5) is 0. The van der Waals surface area contributed by atoms with E-state index in [-0.39, 0.29) is 18.3 Å². The lowest BCUT2D eigenvalue weighted by atomic mass is 9.98. The standard InChI is InChI=1S/C12H18O3/c1-4-5-9-6-7-10-11(14-9)8-13-12(2,3)15-10/h1,9-11H,5-8H2,2-3H3. The zero-order valence-electron chi connectivity index (χ0n) is 9.36. The van der Waals surface area contributed by atoms with Crippen LogP contribution in [0.3, 0.4) is 0 Å². The van der Waals surface area contributed by atoms with Gasteiger partial charge in [-0.15, -0.1) is 12.3 Å². The molecular formula is C12H18O3. The van der Waals surface area contributed by atoms with Gasteiger partial charge >= 0.3 is 0 Å². The fraction of sp³-hybridized carbons (Fsp3) is 0.833. The third kappa shape index (κ3) is 2.52. The van der Waals surface area contributed by atoms with Crippen molar-refractivity contribution in [1.82, 2.24) is 0 Å². The molecule has 2 fully saturated rings. The Morgan fingerprint density at radius 1 is 1.33 bits per heavy atom. The predicted molar refractivity (Wildman–Crippen MR) is 56.2 cm³/mol. The maximum absolute atomic E-state index is 5.83. The zero-order chi connectivity index (χ0) is 10.9. The summed E-state index contributed by atoms with van der Waals surface area (Å²) >= 11 is 0. The quantitative estimate of drug-likeness (QED) is 0.617. The van der Waals surface area contributed by atoms with Crippen LogP contribution >= 0.6 is 0 Å². The molecule has 2 heterocycles. The number of fused-ring (bicyclic) bond motifs is 1. The second-order valence-electron chi connectivity index (χ2n) is 4.65. The van der Waals surface area contributed by atoms with E-state index in [9.17, 15) is 0 Å². The summed E-state index contributed by atoms with van der Waals surface area (Å²) in [6, 6.07) is 0. The number of terminal acetylenes is 1. The van der Waals surface area contributed by atoms with Crippen molar-refractivity contribution in [2.24, 2.45) is 0 Å². The number of rotatable bonds is 1. The Kier molecular flexibility index (Phi) is 3.01. The normalized spacial score (nSPS) is 39.1. The first-order chi connectivity index (χ1) is 7.11. The molecule has 0 aromatic rings. The molecule has 3 atom stereocenters. The highest BCUT2D eigenvalue weighted by atomic mass is 16.7. The van der Waals surface area contributed by atoms with Crippen molar-refractivity contribution in [2.45, 2.75) is 57.2 Å². The van der Waals surface area contributed by atoms with Gasteiger partial charge in [0.05, 0.1) is 18.8 Å². The number of hydrogen-bond acceptors (Lipinski definition) is 3. The van der Waals surface area contributed by atoms with Crippen molar-refractivity contribution in [2.75, 3.05) is 6.61 Å². The van der Waals surface area contributed by atoms with E-state index in [2.05, 4.69) is 5.92 Å². The Hall–Kier alpha value is -0.560. The fourth-order valence-corrected chi connectivity index (χ4v) is 2.18. The average molecular weight is 210 g/mol. The van der Waals surface area contributed by atoms with Crippen molar-refractivity contribution in [1.29, 1.82) is 0 Å². The first kappa shape index (κ1) is 10.9. The summed E-state index contributed by atoms with van der Waals surface area (Å²) in [5, 5.41) is 0. The second-order valence-corrected chi connectivity index (χ2v) is 4.65. The van der Waals surface area contributed by atoms with Gasteiger partial charge in [0.25, 0.3) is 0 Å². The average Bonchev–Trinajstić information content (AvgIpc) is 2.18. The third-order valence-corrected chi connectivity index (χ3v) is 2.93. The molecule has 2 saturated heterocycles. The molecular weight excluding hydrogens is 192 g/mol. The van der Waals surface area contributed by atoms with Gasteiger partial charge in [0.15, 0.2) is 5.79 Å². The van der Waals surface area contributed by atoms with Crippen LogP contribution in [-0.2, 0) is 14.2 Å². The minimum Gasteiger partial charge on any atom is -0.369 e. The second kappa shape index (κ2) is 4.13. The lowest BCUT2D eigenvalue weighted by Crippen LogP contribution is -2.53. The summed E-state index contributed by atoms with van der Waals surface area (Å²) in [5.74, 6) is 2.17. The van der Waals surface area contributed by atoms with Gasteiger partial charge < -0.3 is 14.2 Å². The Balaban J connectivity index is 1.92. The van der Waals surface area contributed by atoms with Gasteiger partial charge in [-0.3, -0.25) is 0 Å². The predicted octanol–water partition coefficient (Wildman–Crippen LogP) is 1.71. The topological polar surface area (TPSA) is 27.7 Å². The molecule has 2 aliphatic rings. The zero-order valence-corrected chi connectivity index (χ0v) is 9.36. The van der Waals surface area contributed by atoms with Gasteiger partial charge in [-0.25, -0.2) is 0 Å². The number of ether oxygens (including phenoxy) is 3. The van der Waals surface area contributed by atoms with Gasteiger partial charge in [-0.1, -0.05) is 0 Å². The van der Waals surface area contributed by atoms with E-state index in [0.29, 0.717) is 13.0 Å². The van der Waals surface area contributed by atoms with Crippen LogP contribution < -0.4 is 0 Å². The lowest BCUT2D eigenvalue weighted by Gasteiger charge is -2.44. The minimum absolute atomic E-state index is 0.0603. The molecule has 0 amide bonds. The first-order valence-electron chi connectivity index (χ1n) is 5.51. The summed E-state index contributed by atoms with van der Waals surface area (Å²) in [6.07, 6.45) is 8.38. The summed E-state index contributed by atoms with van der Waals surface area (Å²) in [5.41, 5.74) is 0. The molecule has 3 nitrogen and oxygen atoms in total. The SMILES string of the molecule is C#CCC1CCC2OC(C)(C)OCC2O1. The number of hydrogen-bond donors (Lipinski definition) is 0. The molecule has 2 aliphatic heterocycles. The molecule has 84 valence electrons. The molecule has 0 spiro atoms. The van der Waals surface area contributed by atoms with Gasteiger partial charge in [0.2, 0.25) is 0 Å². The van der Waals surface area contributed by atoms with E-state index in [0.717, 1.165) is 12.8 Å². The molecule has 0 aromatic heterocycles. The van der Waals surface area contributed by atoms with E-state index >= 15 is 0 Å². The van der Waals surface area contributed by atoms with Crippen LogP contribution in [0.25, 0.3) is 0 Å². The smallest absolute Gasteiger partial charge is 0.163 e. The summed E-state index contributed by atoms with van der Waals surface area (Å²) in [6.45, 7) is 4.49. The van der Waals surface area contributed by atoms with Crippen LogP contribution in [0.1, 0.15) is 33.1 Å². The Labute approximate surface area is 91.1 Å². The molecule has 3 unspecified atom stereocenters. The van der Waals surface area contributed by atoms with Gasteiger partial charge in [0.1, 0.15) is 6.10 Å². The maximum atomic E-state index is 5.83. The van der Waals surface area contributed by atoms with Crippen LogP contribution in [-0.4, -0.2) is 30.7 Å². The van der Waals surface area contributed by atoms with Crippen LogP contribution in [0.2, 0.25) is 0 Å². The van der Waals surface area contributed by atoms with Crippen LogP contribution in [0.5, 0.6) is 0 Å². The van der Waals surface area contributed by atoms with Crippen molar-refractivity contribution in [3.63, 3.8) is 0 Å². The molecule has 0 radical (unpaired) electrons. The summed E-state index contributed by atoms with van der Waals surface area (Å²) in [7, 11) is 0. The fourth-order valence-electron chi connectivity index (χ4n) is 2.18. The molecule has 2 rings (SSSR count). The molecule has 0 aromatic carbocycles. The van der Waals surface area contributed by atoms with Crippen molar-refractivity contribution in [3.8, 4) is 12.3 Å². The Morgan fingerprint density at radius 3 is 2.87 bits per heavy atom. The largest absolute Gasteiger partial charge is 0.369 e. The highest BCUT2D eigenvalue weighted by molar-refractivity contribution is 4.92. The van der Waals surface area contributed by atoms with Crippen molar-refractivity contribution in [3.05, 3.63) is 0 Å². The molecule has 0 bridgehead atoms. The Bertz CT molecular complexity index is 267. The van der Waals surface area contributed by atoms with Crippen molar-refractivity contribution < 1.29 is 14.2 Å². The maximum Gasteiger partial charge on any atom is 0.163 e. The summed E-state index contributed by atoms with van der Waals surface area (Å²) < 4.78 is 17.2. The third-order valence-electron chi connectivity index (χ3n) is 2.93. The minimum atomic E-state index is -0.469. The van der Waals surface area contributed by atoms with Gasteiger partial charge in [-0.2, -0.15) is 0 Å². The van der Waals surface area contributed by atoms with Gasteiger partial charge in [-0.05, 0) is 26.7 Å². The van der Waals surface area contributed by atoms with E-state index in [1.165, 1.54) is 0 Å². The van der Waals surface area contributed by atoms with Crippen LogP contribution in [0.4, 0.5) is 0 Å². The van der Waals surface area contributed by atoms with Crippen LogP contribution in [0.15, 0.2) is 0 Å². The molecule has 0 saturated carbocycles. The van der Waals surface area contributed by atoms with E-state index in [1.807, 2.05) is 13.8 Å². The first-order valence-corrected chi connectivity index (χ1v) is 5.51. The van der Waals surface area contributed by atoms with E-state index < -0.39 is 5.79 Å². The van der Waals surface area contributed by atoms with Crippen molar-refractivity contribution >= 4 is 0 Å². The highest BCUT2D eigenvalue weighted by Gasteiger charge is 2.40. The molecule has 3 heteroatoms. The monoisotopic (exact) mass is 210 g/mol. The molecule has 15 heavy (non-hydrogen) atoms. The van der Waals surface area contributed by atoms with E-state index in [4.69, 9.17) is 20.6 Å². The lowest BCUT2D eigenvalue weighted by molar-refractivity contribution is -0.326. The van der Waals surface area contributed by atoms with E-state index in [1.54, 1.807) is 0 Å². The van der Waals surface area contributed by atoms with Crippen LogP contribution in [0, 0.1) is 12.3 Å².